The lowest BCUT2D eigenvalue weighted by atomic mass is 10.2. The number of rotatable bonds is 6. The van der Waals surface area contributed by atoms with Crippen molar-refractivity contribution in [2.24, 2.45) is 0 Å². The number of nitrogen functional groups attached to an aromatic ring is 1. The average Bonchev–Trinajstić information content (AvgIpc) is 2.22. The number of hydrogen-bond donors (Lipinski definition) is 2. The Labute approximate surface area is 106 Å². The zero-order valence-corrected chi connectivity index (χ0v) is 11.5. The van der Waals surface area contributed by atoms with Gasteiger partial charge in [0.05, 0.1) is 11.4 Å². The number of halogens is 1. The van der Waals surface area contributed by atoms with Gasteiger partial charge in [0.1, 0.15) is 0 Å². The van der Waals surface area contributed by atoms with Crippen molar-refractivity contribution >= 4 is 27.3 Å². The molecule has 1 aromatic carbocycles. The van der Waals surface area contributed by atoms with E-state index in [0.29, 0.717) is 0 Å². The lowest BCUT2D eigenvalue weighted by Gasteiger charge is -2.11. The summed E-state index contributed by atoms with van der Waals surface area (Å²) in [4.78, 5) is 2.20. The van der Waals surface area contributed by atoms with Gasteiger partial charge in [0.15, 0.2) is 0 Å². The van der Waals surface area contributed by atoms with Gasteiger partial charge < -0.3 is 16.0 Å². The van der Waals surface area contributed by atoms with Gasteiger partial charge in [-0.25, -0.2) is 0 Å². The summed E-state index contributed by atoms with van der Waals surface area (Å²) in [6.45, 7) is 2.10. The first-order valence-corrected chi connectivity index (χ1v) is 6.32. The smallest absolute Gasteiger partial charge is 0.0585 e. The molecular weight excluding hydrogens is 266 g/mol. The second-order valence-electron chi connectivity index (χ2n) is 4.17. The van der Waals surface area contributed by atoms with E-state index in [1.165, 1.54) is 6.42 Å². The molecule has 0 aliphatic carbocycles. The lowest BCUT2D eigenvalue weighted by Crippen LogP contribution is -2.14. The van der Waals surface area contributed by atoms with Gasteiger partial charge in [0, 0.05) is 11.0 Å². The molecule has 90 valence electrons. The second kappa shape index (κ2) is 6.76. The SMILES string of the molecule is CN(C)CCCCNc1cc(Br)ccc1N. The highest BCUT2D eigenvalue weighted by Crippen LogP contribution is 2.23. The minimum atomic E-state index is 0.802. The van der Waals surface area contributed by atoms with Crippen LogP contribution in [0.5, 0.6) is 0 Å². The van der Waals surface area contributed by atoms with Crippen LogP contribution < -0.4 is 11.1 Å². The van der Waals surface area contributed by atoms with Crippen molar-refractivity contribution in [2.45, 2.75) is 12.8 Å². The molecule has 0 saturated heterocycles. The fourth-order valence-electron chi connectivity index (χ4n) is 1.46. The molecule has 4 heteroatoms. The quantitative estimate of drug-likeness (QED) is 0.624. The van der Waals surface area contributed by atoms with Crippen molar-refractivity contribution in [3.63, 3.8) is 0 Å². The van der Waals surface area contributed by atoms with Gasteiger partial charge in [0.25, 0.3) is 0 Å². The molecule has 0 atom stereocenters. The maximum absolute atomic E-state index is 5.86. The maximum Gasteiger partial charge on any atom is 0.0585 e. The van der Waals surface area contributed by atoms with Crippen molar-refractivity contribution in [2.75, 3.05) is 38.2 Å². The molecule has 0 heterocycles. The summed E-state index contributed by atoms with van der Waals surface area (Å²) in [5.74, 6) is 0. The predicted molar refractivity (Wildman–Crippen MR) is 74.8 cm³/mol. The van der Waals surface area contributed by atoms with Crippen LogP contribution in [0.15, 0.2) is 22.7 Å². The van der Waals surface area contributed by atoms with Crippen molar-refractivity contribution in [3.8, 4) is 0 Å². The zero-order valence-electron chi connectivity index (χ0n) is 9.96. The van der Waals surface area contributed by atoms with Crippen LogP contribution in [0.4, 0.5) is 11.4 Å². The van der Waals surface area contributed by atoms with Gasteiger partial charge in [0.2, 0.25) is 0 Å². The van der Waals surface area contributed by atoms with Crippen molar-refractivity contribution in [1.29, 1.82) is 0 Å². The predicted octanol–water partition coefficient (Wildman–Crippen LogP) is 2.79. The Morgan fingerprint density at radius 3 is 2.75 bits per heavy atom. The number of nitrogens with zero attached hydrogens (tertiary/aromatic N) is 1. The first-order chi connectivity index (χ1) is 7.59. The van der Waals surface area contributed by atoms with Gasteiger partial charge in [-0.2, -0.15) is 0 Å². The highest BCUT2D eigenvalue weighted by atomic mass is 79.9. The molecule has 0 bridgehead atoms. The molecule has 1 aromatic rings. The number of benzene rings is 1. The van der Waals surface area contributed by atoms with E-state index in [-0.39, 0.29) is 0 Å². The summed E-state index contributed by atoms with van der Waals surface area (Å²) in [6.07, 6.45) is 2.36. The van der Waals surface area contributed by atoms with E-state index in [2.05, 4.69) is 40.2 Å². The van der Waals surface area contributed by atoms with Gasteiger partial charge >= 0.3 is 0 Å². The van der Waals surface area contributed by atoms with E-state index in [9.17, 15) is 0 Å². The molecule has 0 aromatic heterocycles. The van der Waals surface area contributed by atoms with Gasteiger partial charge in [-0.15, -0.1) is 0 Å². The zero-order chi connectivity index (χ0) is 12.0. The summed E-state index contributed by atoms with van der Waals surface area (Å²) in [7, 11) is 4.19. The first kappa shape index (κ1) is 13.3. The van der Waals surface area contributed by atoms with Gasteiger partial charge in [-0.1, -0.05) is 15.9 Å². The van der Waals surface area contributed by atoms with E-state index in [4.69, 9.17) is 5.73 Å². The molecule has 1 rings (SSSR count). The molecule has 0 aliphatic rings. The Morgan fingerprint density at radius 1 is 1.31 bits per heavy atom. The average molecular weight is 286 g/mol. The number of anilines is 2. The van der Waals surface area contributed by atoms with Crippen LogP contribution in [-0.2, 0) is 0 Å². The summed E-state index contributed by atoms with van der Waals surface area (Å²) in [5, 5.41) is 3.35. The molecule has 0 spiro atoms. The molecular formula is C12H20BrN3. The van der Waals surface area contributed by atoms with Gasteiger partial charge in [-0.3, -0.25) is 0 Å². The fourth-order valence-corrected chi connectivity index (χ4v) is 1.82. The Morgan fingerprint density at radius 2 is 2.06 bits per heavy atom. The molecule has 0 fully saturated rings. The van der Waals surface area contributed by atoms with Crippen molar-refractivity contribution in [1.82, 2.24) is 4.90 Å². The van der Waals surface area contributed by atoms with Crippen LogP contribution in [-0.4, -0.2) is 32.1 Å². The molecule has 0 aliphatic heterocycles. The van der Waals surface area contributed by atoms with Crippen LogP contribution in [0.25, 0.3) is 0 Å². The van der Waals surface area contributed by atoms with Crippen molar-refractivity contribution < 1.29 is 0 Å². The van der Waals surface area contributed by atoms with E-state index in [1.807, 2.05) is 18.2 Å². The minimum Gasteiger partial charge on any atom is -0.397 e. The second-order valence-corrected chi connectivity index (χ2v) is 5.08. The number of nitrogens with two attached hydrogens (primary N) is 1. The van der Waals surface area contributed by atoms with Crippen LogP contribution in [0.1, 0.15) is 12.8 Å². The molecule has 3 N–H and O–H groups in total. The first-order valence-electron chi connectivity index (χ1n) is 5.53. The fraction of sp³-hybridized carbons (Fsp3) is 0.500. The van der Waals surface area contributed by atoms with Crippen LogP contribution >= 0.6 is 15.9 Å². The minimum absolute atomic E-state index is 0.802. The third-order valence-corrected chi connectivity index (χ3v) is 2.86. The molecule has 16 heavy (non-hydrogen) atoms. The molecule has 3 nitrogen and oxygen atoms in total. The lowest BCUT2D eigenvalue weighted by molar-refractivity contribution is 0.396. The summed E-state index contributed by atoms with van der Waals surface area (Å²) >= 11 is 3.44. The Kier molecular flexibility index (Phi) is 5.63. The van der Waals surface area contributed by atoms with E-state index in [0.717, 1.165) is 35.4 Å². The topological polar surface area (TPSA) is 41.3 Å². The van der Waals surface area contributed by atoms with Crippen LogP contribution in [0, 0.1) is 0 Å². The van der Waals surface area contributed by atoms with E-state index < -0.39 is 0 Å². The highest BCUT2D eigenvalue weighted by Gasteiger charge is 1.99. The Balaban J connectivity index is 2.29. The van der Waals surface area contributed by atoms with E-state index in [1.54, 1.807) is 0 Å². The summed E-state index contributed by atoms with van der Waals surface area (Å²) in [5.41, 5.74) is 7.68. The number of unbranched alkanes of at least 4 members (excludes halogenated alkanes) is 1. The third-order valence-electron chi connectivity index (χ3n) is 2.36. The van der Waals surface area contributed by atoms with Crippen LogP contribution in [0.2, 0.25) is 0 Å². The highest BCUT2D eigenvalue weighted by molar-refractivity contribution is 9.10. The Bertz CT molecular complexity index is 326. The standard InChI is InChI=1S/C12H20BrN3/c1-16(2)8-4-3-7-15-12-9-10(13)5-6-11(12)14/h5-6,9,15H,3-4,7-8,14H2,1-2H3. The third kappa shape index (κ3) is 4.86. The molecule has 0 unspecified atom stereocenters. The number of hydrogen-bond acceptors (Lipinski definition) is 3. The van der Waals surface area contributed by atoms with E-state index >= 15 is 0 Å². The van der Waals surface area contributed by atoms with Crippen molar-refractivity contribution in [3.05, 3.63) is 22.7 Å². The van der Waals surface area contributed by atoms with Crippen LogP contribution in [0.3, 0.4) is 0 Å². The summed E-state index contributed by atoms with van der Waals surface area (Å²) in [6, 6.07) is 5.88. The monoisotopic (exact) mass is 285 g/mol. The summed E-state index contributed by atoms with van der Waals surface area (Å²) < 4.78 is 1.05. The molecule has 0 saturated carbocycles. The normalized spacial score (nSPS) is 10.8. The largest absolute Gasteiger partial charge is 0.397 e. The molecule has 0 radical (unpaired) electrons. The molecule has 0 amide bonds. The number of nitrogens with one attached hydrogen (secondary N) is 1. The maximum atomic E-state index is 5.86. The Hall–Kier alpha value is -0.740. The van der Waals surface area contributed by atoms with Gasteiger partial charge in [-0.05, 0) is 51.7 Å².